The molecule has 0 saturated heterocycles. The maximum Gasteiger partial charge on any atom is 0.240 e. The van der Waals surface area contributed by atoms with Crippen molar-refractivity contribution < 1.29 is 9.00 Å². The highest BCUT2D eigenvalue weighted by molar-refractivity contribution is 7.85. The van der Waals surface area contributed by atoms with Crippen molar-refractivity contribution in [1.82, 2.24) is 5.43 Å². The number of hydrazone groups is 1. The van der Waals surface area contributed by atoms with Crippen molar-refractivity contribution in [3.63, 3.8) is 0 Å². The molecule has 1 heterocycles. The number of hydrogen-bond donors (Lipinski definition) is 1. The standard InChI is InChI=1S/C17H20N2O2S/c1-4-9-22(21)15-8-6-5-7-14(15)10-12(2)17-13(3)11-16(20)18-19-17/h4-8,10,13H,1,9,11H2,2-3H3,(H,18,20). The van der Waals surface area contributed by atoms with Gasteiger partial charge in [-0.3, -0.25) is 9.00 Å². The molecule has 2 unspecified atom stereocenters. The van der Waals surface area contributed by atoms with Gasteiger partial charge in [-0.05, 0) is 30.2 Å². The lowest BCUT2D eigenvalue weighted by Gasteiger charge is -2.19. The van der Waals surface area contributed by atoms with Crippen LogP contribution in [0.5, 0.6) is 0 Å². The Morgan fingerprint density at radius 1 is 1.50 bits per heavy atom. The minimum atomic E-state index is -1.10. The molecule has 1 aromatic rings. The first kappa shape index (κ1) is 16.4. The number of benzene rings is 1. The van der Waals surface area contributed by atoms with Gasteiger partial charge in [-0.25, -0.2) is 5.43 Å². The van der Waals surface area contributed by atoms with Gasteiger partial charge in [-0.1, -0.05) is 31.2 Å². The predicted octanol–water partition coefficient (Wildman–Crippen LogP) is 2.90. The van der Waals surface area contributed by atoms with Gasteiger partial charge >= 0.3 is 0 Å². The summed E-state index contributed by atoms with van der Waals surface area (Å²) in [5, 5.41) is 4.16. The molecule has 22 heavy (non-hydrogen) atoms. The van der Waals surface area contributed by atoms with E-state index < -0.39 is 10.8 Å². The van der Waals surface area contributed by atoms with E-state index in [-0.39, 0.29) is 11.8 Å². The predicted molar refractivity (Wildman–Crippen MR) is 90.9 cm³/mol. The van der Waals surface area contributed by atoms with Gasteiger partial charge in [0.2, 0.25) is 5.91 Å². The maximum atomic E-state index is 12.3. The molecule has 0 aromatic heterocycles. The summed E-state index contributed by atoms with van der Waals surface area (Å²) in [6.45, 7) is 7.58. The van der Waals surface area contributed by atoms with Crippen LogP contribution in [0.15, 0.2) is 52.5 Å². The molecule has 0 radical (unpaired) electrons. The van der Waals surface area contributed by atoms with Crippen molar-refractivity contribution in [2.75, 3.05) is 5.75 Å². The minimum absolute atomic E-state index is 0.0588. The smallest absolute Gasteiger partial charge is 0.240 e. The maximum absolute atomic E-state index is 12.3. The summed E-state index contributed by atoms with van der Waals surface area (Å²) in [6, 6.07) is 7.60. The molecule has 5 heteroatoms. The molecule has 4 nitrogen and oxygen atoms in total. The highest BCUT2D eigenvalue weighted by Crippen LogP contribution is 2.21. The topological polar surface area (TPSA) is 58.5 Å². The second-order valence-corrected chi connectivity index (χ2v) is 6.77. The van der Waals surface area contributed by atoms with Crippen LogP contribution in [0.3, 0.4) is 0 Å². The summed E-state index contributed by atoms with van der Waals surface area (Å²) < 4.78 is 12.3. The van der Waals surface area contributed by atoms with Gasteiger partial charge in [0.15, 0.2) is 0 Å². The normalized spacial score (nSPS) is 20.1. The van der Waals surface area contributed by atoms with E-state index in [2.05, 4.69) is 17.1 Å². The van der Waals surface area contributed by atoms with Gasteiger partial charge < -0.3 is 0 Å². The van der Waals surface area contributed by atoms with Crippen molar-refractivity contribution in [1.29, 1.82) is 0 Å². The molecule has 0 bridgehead atoms. The van der Waals surface area contributed by atoms with Crippen LogP contribution in [0.2, 0.25) is 0 Å². The number of carbonyl (C=O) groups excluding carboxylic acids is 1. The largest absolute Gasteiger partial charge is 0.273 e. The summed E-state index contributed by atoms with van der Waals surface area (Å²) >= 11 is 0. The Labute approximate surface area is 133 Å². The molecule has 1 amide bonds. The van der Waals surface area contributed by atoms with Gasteiger partial charge in [0.1, 0.15) is 0 Å². The molecule has 0 spiro atoms. The number of allylic oxidation sites excluding steroid dienone is 1. The van der Waals surface area contributed by atoms with Crippen LogP contribution in [-0.4, -0.2) is 21.6 Å². The van der Waals surface area contributed by atoms with Gasteiger partial charge in [0, 0.05) is 23.0 Å². The number of carbonyl (C=O) groups is 1. The Balaban J connectivity index is 2.35. The van der Waals surface area contributed by atoms with E-state index in [4.69, 9.17) is 0 Å². The van der Waals surface area contributed by atoms with Gasteiger partial charge in [-0.15, -0.1) is 6.58 Å². The lowest BCUT2D eigenvalue weighted by molar-refractivity contribution is -0.121. The zero-order chi connectivity index (χ0) is 16.1. The SMILES string of the molecule is C=CCS(=O)c1ccccc1C=C(C)C1=NNC(=O)CC1C. The Morgan fingerprint density at radius 3 is 2.91 bits per heavy atom. The quantitative estimate of drug-likeness (QED) is 0.849. The molecule has 2 rings (SSSR count). The van der Waals surface area contributed by atoms with Gasteiger partial charge in [-0.2, -0.15) is 5.10 Å². The average molecular weight is 316 g/mol. The lowest BCUT2D eigenvalue weighted by atomic mass is 9.93. The second kappa shape index (κ2) is 7.31. The van der Waals surface area contributed by atoms with Gasteiger partial charge in [0.05, 0.1) is 16.5 Å². The highest BCUT2D eigenvalue weighted by atomic mass is 32.2. The fourth-order valence-electron chi connectivity index (χ4n) is 2.44. The van der Waals surface area contributed by atoms with Crippen molar-refractivity contribution >= 4 is 28.5 Å². The third kappa shape index (κ3) is 3.80. The first-order chi connectivity index (χ1) is 10.5. The van der Waals surface area contributed by atoms with Crippen LogP contribution in [-0.2, 0) is 15.6 Å². The van der Waals surface area contributed by atoms with E-state index in [9.17, 15) is 9.00 Å². The zero-order valence-electron chi connectivity index (χ0n) is 12.8. The third-order valence-corrected chi connectivity index (χ3v) is 4.87. The van der Waals surface area contributed by atoms with E-state index in [1.54, 1.807) is 6.08 Å². The molecular formula is C17H20N2O2S. The number of rotatable bonds is 5. The Morgan fingerprint density at radius 2 is 2.23 bits per heavy atom. The summed E-state index contributed by atoms with van der Waals surface area (Å²) in [5.41, 5.74) is 5.26. The Kier molecular flexibility index (Phi) is 5.44. The molecule has 1 aliphatic rings. The Bertz CT molecular complexity index is 677. The summed E-state index contributed by atoms with van der Waals surface area (Å²) in [6.07, 6.45) is 4.07. The van der Waals surface area contributed by atoms with Crippen LogP contribution < -0.4 is 5.43 Å². The fraction of sp³-hybridized carbons (Fsp3) is 0.294. The van der Waals surface area contributed by atoms with Crippen molar-refractivity contribution in [3.05, 3.63) is 48.1 Å². The van der Waals surface area contributed by atoms with E-state index in [0.717, 1.165) is 21.7 Å². The molecule has 0 saturated carbocycles. The molecule has 0 aliphatic carbocycles. The average Bonchev–Trinajstić information content (AvgIpc) is 2.47. The number of hydrogen-bond acceptors (Lipinski definition) is 3. The summed E-state index contributed by atoms with van der Waals surface area (Å²) in [5.74, 6) is 0.449. The zero-order valence-corrected chi connectivity index (χ0v) is 13.7. The van der Waals surface area contributed by atoms with E-state index in [1.165, 1.54) is 0 Å². The first-order valence-corrected chi connectivity index (χ1v) is 8.48. The van der Waals surface area contributed by atoms with E-state index in [1.807, 2.05) is 44.2 Å². The Hall–Kier alpha value is -2.01. The number of nitrogens with one attached hydrogen (secondary N) is 1. The van der Waals surface area contributed by atoms with E-state index in [0.29, 0.717) is 12.2 Å². The third-order valence-electron chi connectivity index (χ3n) is 3.47. The minimum Gasteiger partial charge on any atom is -0.273 e. The molecule has 116 valence electrons. The first-order valence-electron chi connectivity index (χ1n) is 7.16. The van der Waals surface area contributed by atoms with Crippen molar-refractivity contribution in [3.8, 4) is 0 Å². The fourth-order valence-corrected chi connectivity index (χ4v) is 3.45. The lowest BCUT2D eigenvalue weighted by Crippen LogP contribution is -2.31. The molecular weight excluding hydrogens is 296 g/mol. The monoisotopic (exact) mass is 316 g/mol. The molecule has 2 atom stereocenters. The van der Waals surface area contributed by atoms with Crippen LogP contribution >= 0.6 is 0 Å². The van der Waals surface area contributed by atoms with Gasteiger partial charge in [0.25, 0.3) is 0 Å². The number of nitrogens with zero attached hydrogens (tertiary/aromatic N) is 1. The van der Waals surface area contributed by atoms with Crippen LogP contribution in [0, 0.1) is 5.92 Å². The molecule has 1 aliphatic heterocycles. The molecule has 0 fully saturated rings. The van der Waals surface area contributed by atoms with Crippen molar-refractivity contribution in [2.45, 2.75) is 25.2 Å². The van der Waals surface area contributed by atoms with Crippen LogP contribution in [0.4, 0.5) is 0 Å². The van der Waals surface area contributed by atoms with Crippen LogP contribution in [0.25, 0.3) is 6.08 Å². The highest BCUT2D eigenvalue weighted by Gasteiger charge is 2.21. The summed E-state index contributed by atoms with van der Waals surface area (Å²) in [4.78, 5) is 12.1. The number of amides is 1. The van der Waals surface area contributed by atoms with Crippen LogP contribution in [0.1, 0.15) is 25.8 Å². The molecule has 1 N–H and O–H groups in total. The second-order valence-electron chi connectivity index (χ2n) is 5.30. The summed E-state index contributed by atoms with van der Waals surface area (Å²) in [7, 11) is -1.10. The molecule has 1 aromatic carbocycles. The van der Waals surface area contributed by atoms with E-state index >= 15 is 0 Å². The van der Waals surface area contributed by atoms with Crippen molar-refractivity contribution in [2.24, 2.45) is 11.0 Å².